The third-order valence-corrected chi connectivity index (χ3v) is 5.43. The van der Waals surface area contributed by atoms with E-state index in [0.717, 1.165) is 20.0 Å². The van der Waals surface area contributed by atoms with Crippen molar-refractivity contribution in [3.05, 3.63) is 64.0 Å². The Kier molecular flexibility index (Phi) is 33.1. The third-order valence-electron chi connectivity index (χ3n) is 3.54. The lowest BCUT2D eigenvalue weighted by Crippen LogP contribution is -2.16. The third kappa shape index (κ3) is 34.1. The fourth-order valence-electron chi connectivity index (χ4n) is 2.58. The van der Waals surface area contributed by atoms with Crippen LogP contribution < -0.4 is 5.11 Å². The summed E-state index contributed by atoms with van der Waals surface area (Å²) < 4.78 is 27.2. The van der Waals surface area contributed by atoms with Gasteiger partial charge in [0.15, 0.2) is 9.79 Å². The Hall–Kier alpha value is -1.87. The number of hydrogen-bond donors (Lipinski definition) is 0. The van der Waals surface area contributed by atoms with E-state index in [2.05, 4.69) is 75.7 Å². The molecule has 218 valence electrons. The van der Waals surface area contributed by atoms with Crippen LogP contribution in [0.5, 0.6) is 0 Å². The van der Waals surface area contributed by atoms with Gasteiger partial charge in [-0.1, -0.05) is 61.1 Å². The van der Waals surface area contributed by atoms with E-state index >= 15 is 0 Å². The molecular formula is C29H53NO5S2-2. The van der Waals surface area contributed by atoms with Gasteiger partial charge in [-0.25, -0.2) is 8.42 Å². The van der Waals surface area contributed by atoms with E-state index in [9.17, 15) is 0 Å². The Morgan fingerprint density at radius 1 is 0.784 bits per heavy atom. The van der Waals surface area contributed by atoms with Crippen molar-refractivity contribution >= 4 is 27.0 Å². The van der Waals surface area contributed by atoms with Gasteiger partial charge in [-0.15, -0.1) is 0 Å². The summed E-state index contributed by atoms with van der Waals surface area (Å²) in [6, 6.07) is 13.7. The molecule has 0 saturated carbocycles. The maximum Gasteiger partial charge on any atom is 0.160 e. The first-order valence-corrected chi connectivity index (χ1v) is 15.6. The fraction of sp³-hybridized carbons (Fsp3) is 0.552. The minimum absolute atomic E-state index is 0. The lowest BCUT2D eigenvalue weighted by molar-refractivity contribution is -0.302. The summed E-state index contributed by atoms with van der Waals surface area (Å²) in [6.45, 7) is 23.7. The van der Waals surface area contributed by atoms with E-state index in [-0.39, 0.29) is 18.3 Å². The minimum atomic E-state index is -3.92. The van der Waals surface area contributed by atoms with Crippen molar-refractivity contribution in [2.75, 3.05) is 25.6 Å². The molecule has 0 bridgehead atoms. The van der Waals surface area contributed by atoms with Gasteiger partial charge in [0.2, 0.25) is 0 Å². The summed E-state index contributed by atoms with van der Waals surface area (Å²) in [5.74, 6) is -1.08. The molecule has 0 aliphatic heterocycles. The molecule has 2 rings (SSSR count). The van der Waals surface area contributed by atoms with Gasteiger partial charge >= 0.3 is 0 Å². The zero-order valence-corrected chi connectivity index (χ0v) is 26.3. The van der Waals surface area contributed by atoms with Crippen LogP contribution in [0.1, 0.15) is 78.1 Å². The topological polar surface area (TPSA) is 111 Å². The number of carbonyl (C=O) groups is 1. The summed E-state index contributed by atoms with van der Waals surface area (Å²) in [5.41, 5.74) is 5.42. The van der Waals surface area contributed by atoms with Crippen LogP contribution in [0.2, 0.25) is 0 Å². The summed E-state index contributed by atoms with van der Waals surface area (Å²) in [6.07, 6.45) is 2.93. The first-order valence-electron chi connectivity index (χ1n) is 12.1. The molecule has 0 N–H and O–H groups in total. The Balaban J connectivity index is -0.000000149. The normalized spacial score (nSPS) is 9.05. The van der Waals surface area contributed by atoms with Gasteiger partial charge < -0.3 is 19.8 Å². The predicted molar refractivity (Wildman–Crippen MR) is 162 cm³/mol. The molecule has 0 amide bonds. The Labute approximate surface area is 232 Å². The number of benzene rings is 2. The monoisotopic (exact) mass is 559 g/mol. The van der Waals surface area contributed by atoms with Crippen LogP contribution in [0.25, 0.3) is 5.32 Å². The highest BCUT2D eigenvalue weighted by molar-refractivity contribution is 7.96. The second-order valence-corrected chi connectivity index (χ2v) is 10.6. The van der Waals surface area contributed by atoms with Crippen molar-refractivity contribution in [1.29, 1.82) is 0 Å². The summed E-state index contributed by atoms with van der Waals surface area (Å²) in [5, 5.41) is 12.9. The lowest BCUT2D eigenvalue weighted by Gasteiger charge is -2.07. The molecule has 0 spiro atoms. The van der Waals surface area contributed by atoms with Crippen LogP contribution in [0, 0.1) is 27.7 Å². The van der Waals surface area contributed by atoms with Crippen molar-refractivity contribution in [1.82, 2.24) is 0 Å². The van der Waals surface area contributed by atoms with Crippen LogP contribution in [-0.4, -0.2) is 44.5 Å². The maximum absolute atomic E-state index is 9.08. The number of hydrogen-bond acceptors (Lipinski definition) is 5. The van der Waals surface area contributed by atoms with Gasteiger partial charge in [0.1, 0.15) is 6.26 Å². The molecule has 37 heavy (non-hydrogen) atoms. The molecule has 0 aromatic heterocycles. The summed E-state index contributed by atoms with van der Waals surface area (Å²) >= 11 is 0. The molecule has 0 fully saturated rings. The van der Waals surface area contributed by atoms with E-state index in [0.29, 0.717) is 6.26 Å². The first-order chi connectivity index (χ1) is 16.6. The quantitative estimate of drug-likeness (QED) is 0.310. The molecule has 0 saturated heterocycles. The van der Waals surface area contributed by atoms with E-state index in [4.69, 9.17) is 22.9 Å². The highest BCUT2D eigenvalue weighted by Crippen LogP contribution is 2.25. The highest BCUT2D eigenvalue weighted by atomic mass is 32.2. The first kappa shape index (κ1) is 45.1. The van der Waals surface area contributed by atoms with E-state index in [1.54, 1.807) is 0 Å². The van der Waals surface area contributed by atoms with Gasteiger partial charge in [-0.3, -0.25) is 0 Å². The van der Waals surface area contributed by atoms with E-state index in [1.165, 1.54) is 32.0 Å². The average molecular weight is 560 g/mol. The van der Waals surface area contributed by atoms with Crippen LogP contribution in [-0.2, 0) is 25.8 Å². The number of aryl methyl sites for hydroxylation is 4. The van der Waals surface area contributed by atoms with Crippen molar-refractivity contribution in [3.63, 3.8) is 0 Å². The molecule has 6 nitrogen and oxygen atoms in total. The Morgan fingerprint density at radius 3 is 1.11 bits per heavy atom. The number of aliphatic carboxylic acids is 1. The molecule has 8 heteroatoms. The smallest absolute Gasteiger partial charge is 0.160 e. The lowest BCUT2D eigenvalue weighted by atomic mass is 10.2. The Bertz CT molecular complexity index is 824. The van der Waals surface area contributed by atoms with Gasteiger partial charge in [-0.05, 0) is 81.1 Å². The standard InChI is InChI=1S/C17H21S.C4H10N.C2H4O2.2C2H6.CH4O3S.CH4/c1-12-6-13(2)9-16(8-12)18(5)17-10-14(3)7-15(4)11-17;1-3-5-4-2;1-2(3)4;2*1-2;1-5(2,3)4;/h6-11H,1-5H3;3-4H2,1-2H3;1H3,(H,3,4);2*1-2H3;1H3,(H,2,3,4);1H4/q+1;-1;;;;;/p-2. The molecule has 2 aromatic rings. The van der Waals surface area contributed by atoms with Crippen molar-refractivity contribution in [2.24, 2.45) is 0 Å². The minimum Gasteiger partial charge on any atom is -0.748 e. The predicted octanol–water partition coefficient (Wildman–Crippen LogP) is 6.59. The van der Waals surface area contributed by atoms with Crippen LogP contribution in [0.3, 0.4) is 0 Å². The van der Waals surface area contributed by atoms with Gasteiger partial charge in [0, 0.05) is 12.2 Å². The molecule has 0 radical (unpaired) electrons. The van der Waals surface area contributed by atoms with E-state index < -0.39 is 16.1 Å². The van der Waals surface area contributed by atoms with Gasteiger partial charge in [-0.2, -0.15) is 13.1 Å². The number of rotatable bonds is 4. The fourth-order valence-corrected chi connectivity index (χ4v) is 4.30. The SMILES string of the molecule is C.CC.CC.CC(=O)[O-].CC[N-]CC.CS(=O)(=O)[O-].Cc1cc(C)cc([S+](C)c2cc(C)cc(C)c2)c1. The van der Waals surface area contributed by atoms with Gasteiger partial charge in [0.25, 0.3) is 0 Å². The molecular weight excluding hydrogens is 506 g/mol. The summed E-state index contributed by atoms with van der Waals surface area (Å²) in [7, 11) is -3.75. The number of carbonyl (C=O) groups excluding carboxylic acids is 1. The van der Waals surface area contributed by atoms with Gasteiger partial charge in [0.05, 0.1) is 21.0 Å². The number of carboxylic acid groups (broad SMARTS) is 1. The summed E-state index contributed by atoms with van der Waals surface area (Å²) in [4.78, 5) is 11.8. The zero-order chi connectivity index (χ0) is 29.5. The van der Waals surface area contributed by atoms with Crippen molar-refractivity contribution in [2.45, 2.75) is 93.4 Å². The molecule has 0 aliphatic carbocycles. The molecule has 0 unspecified atom stereocenters. The second-order valence-electron chi connectivity index (χ2n) is 7.21. The second kappa shape index (κ2) is 27.2. The van der Waals surface area contributed by atoms with Crippen LogP contribution in [0.15, 0.2) is 46.2 Å². The van der Waals surface area contributed by atoms with Crippen molar-refractivity contribution < 1.29 is 22.9 Å². The maximum atomic E-state index is 9.08. The van der Waals surface area contributed by atoms with Crippen LogP contribution >= 0.6 is 0 Å². The van der Waals surface area contributed by atoms with E-state index in [1.807, 2.05) is 41.5 Å². The molecule has 0 aliphatic rings. The Morgan fingerprint density at radius 2 is 0.973 bits per heavy atom. The van der Waals surface area contributed by atoms with Crippen molar-refractivity contribution in [3.8, 4) is 0 Å². The molecule has 2 aromatic carbocycles. The van der Waals surface area contributed by atoms with Crippen LogP contribution in [0.4, 0.5) is 0 Å². The molecule has 0 atom stereocenters. The molecule has 0 heterocycles. The zero-order valence-electron chi connectivity index (χ0n) is 24.7. The number of nitrogens with zero attached hydrogens (tertiary/aromatic N) is 1. The average Bonchev–Trinajstić information content (AvgIpc) is 2.74. The highest BCUT2D eigenvalue weighted by Gasteiger charge is 2.20. The number of carboxylic acids is 1. The largest absolute Gasteiger partial charge is 0.748 e.